The second kappa shape index (κ2) is 10.3. The minimum absolute atomic E-state index is 0.181. The number of rotatable bonds is 7. The number of benzene rings is 3. The van der Waals surface area contributed by atoms with Crippen LogP contribution in [0.1, 0.15) is 26.3 Å². The highest BCUT2D eigenvalue weighted by Crippen LogP contribution is 2.22. The number of carbonyl (C=O) groups excluding carboxylic acids is 2. The molecule has 3 aromatic carbocycles. The van der Waals surface area contributed by atoms with Crippen LogP contribution in [0.2, 0.25) is 0 Å². The minimum atomic E-state index is -0.485. The third-order valence-electron chi connectivity index (χ3n) is 5.70. The zero-order valence-electron chi connectivity index (χ0n) is 18.7. The van der Waals surface area contributed by atoms with Gasteiger partial charge < -0.3 is 20.7 Å². The normalized spacial score (nSPS) is 14.6. The van der Waals surface area contributed by atoms with E-state index in [1.165, 1.54) is 5.56 Å². The largest absolute Gasteiger partial charge is 0.457 e. The minimum Gasteiger partial charge on any atom is -0.457 e. The molecule has 0 bridgehead atoms. The highest BCUT2D eigenvalue weighted by Gasteiger charge is 2.14. The number of nitrogens with one attached hydrogen (secondary N) is 1. The van der Waals surface area contributed by atoms with Gasteiger partial charge in [-0.2, -0.15) is 0 Å². The standard InChI is InChI=1S/C26H28N4O3/c1-29-14-16-30(17-15-29)18-19-2-8-22(9-3-19)28-26(32)21-6-12-24(13-7-21)33-23-10-4-20(5-11-23)25(27)31/h2-13H,14-18H2,1H3,(H2,27,31)(H,28,32). The number of hydrogen-bond acceptors (Lipinski definition) is 5. The van der Waals surface area contributed by atoms with E-state index < -0.39 is 5.91 Å². The van der Waals surface area contributed by atoms with Gasteiger partial charge in [0.15, 0.2) is 0 Å². The zero-order valence-corrected chi connectivity index (χ0v) is 18.7. The number of hydrogen-bond donors (Lipinski definition) is 2. The molecule has 0 radical (unpaired) electrons. The molecule has 2 amide bonds. The van der Waals surface area contributed by atoms with Gasteiger partial charge in [-0.1, -0.05) is 12.1 Å². The maximum atomic E-state index is 12.6. The van der Waals surface area contributed by atoms with Gasteiger partial charge in [-0.05, 0) is 73.3 Å². The highest BCUT2D eigenvalue weighted by molar-refractivity contribution is 6.04. The summed E-state index contributed by atoms with van der Waals surface area (Å²) < 4.78 is 5.76. The molecule has 0 saturated carbocycles. The number of amides is 2. The summed E-state index contributed by atoms with van der Waals surface area (Å²) >= 11 is 0. The molecule has 3 aromatic rings. The lowest BCUT2D eigenvalue weighted by molar-refractivity contribution is 0.0997. The van der Waals surface area contributed by atoms with E-state index in [4.69, 9.17) is 10.5 Å². The van der Waals surface area contributed by atoms with Gasteiger partial charge in [0.25, 0.3) is 5.91 Å². The number of likely N-dealkylation sites (N-methyl/N-ethyl adjacent to an activating group) is 1. The maximum absolute atomic E-state index is 12.6. The van der Waals surface area contributed by atoms with Gasteiger partial charge in [0.1, 0.15) is 11.5 Å². The Kier molecular flexibility index (Phi) is 7.02. The molecule has 170 valence electrons. The summed E-state index contributed by atoms with van der Waals surface area (Å²) in [5, 5.41) is 2.94. The number of ether oxygens (including phenoxy) is 1. The fraction of sp³-hybridized carbons (Fsp3) is 0.231. The van der Waals surface area contributed by atoms with Crippen LogP contribution in [-0.2, 0) is 6.54 Å². The van der Waals surface area contributed by atoms with Crippen LogP contribution in [0.3, 0.4) is 0 Å². The molecule has 0 spiro atoms. The number of nitrogens with zero attached hydrogens (tertiary/aromatic N) is 2. The Morgan fingerprint density at radius 1 is 0.818 bits per heavy atom. The highest BCUT2D eigenvalue weighted by atomic mass is 16.5. The van der Waals surface area contributed by atoms with Crippen LogP contribution < -0.4 is 15.8 Å². The molecule has 4 rings (SSSR count). The summed E-state index contributed by atoms with van der Waals surface area (Å²) in [5.74, 6) is 0.501. The molecule has 0 atom stereocenters. The molecule has 1 aliphatic heterocycles. The van der Waals surface area contributed by atoms with Crippen molar-refractivity contribution in [3.05, 3.63) is 89.5 Å². The second-order valence-corrected chi connectivity index (χ2v) is 8.25. The van der Waals surface area contributed by atoms with E-state index in [9.17, 15) is 9.59 Å². The van der Waals surface area contributed by atoms with Crippen LogP contribution in [0.25, 0.3) is 0 Å². The van der Waals surface area contributed by atoms with Crippen molar-refractivity contribution in [3.63, 3.8) is 0 Å². The van der Waals surface area contributed by atoms with Crippen LogP contribution in [0.15, 0.2) is 72.8 Å². The number of nitrogens with two attached hydrogens (primary N) is 1. The summed E-state index contributed by atoms with van der Waals surface area (Å²) in [6.07, 6.45) is 0. The SMILES string of the molecule is CN1CCN(Cc2ccc(NC(=O)c3ccc(Oc4ccc(C(N)=O)cc4)cc3)cc2)CC1. The first-order valence-electron chi connectivity index (χ1n) is 11.0. The lowest BCUT2D eigenvalue weighted by Crippen LogP contribution is -2.43. The second-order valence-electron chi connectivity index (χ2n) is 8.25. The summed E-state index contributed by atoms with van der Waals surface area (Å²) in [4.78, 5) is 28.6. The lowest BCUT2D eigenvalue weighted by atomic mass is 10.1. The van der Waals surface area contributed by atoms with E-state index in [2.05, 4.69) is 34.3 Å². The maximum Gasteiger partial charge on any atom is 0.255 e. The Labute approximate surface area is 193 Å². The molecule has 0 unspecified atom stereocenters. The molecule has 1 saturated heterocycles. The molecule has 1 fully saturated rings. The summed E-state index contributed by atoms with van der Waals surface area (Å²) in [5.41, 5.74) is 8.20. The van der Waals surface area contributed by atoms with E-state index in [1.807, 2.05) is 12.1 Å². The van der Waals surface area contributed by atoms with Gasteiger partial charge in [-0.3, -0.25) is 14.5 Å². The Morgan fingerprint density at radius 2 is 1.36 bits per heavy atom. The first-order chi connectivity index (χ1) is 16.0. The van der Waals surface area contributed by atoms with Crippen molar-refractivity contribution in [2.75, 3.05) is 38.5 Å². The molecular formula is C26H28N4O3. The van der Waals surface area contributed by atoms with Crippen LogP contribution in [-0.4, -0.2) is 54.8 Å². The van der Waals surface area contributed by atoms with Crippen LogP contribution in [0, 0.1) is 0 Å². The number of anilines is 1. The van der Waals surface area contributed by atoms with E-state index in [1.54, 1.807) is 48.5 Å². The van der Waals surface area contributed by atoms with E-state index in [0.29, 0.717) is 22.6 Å². The van der Waals surface area contributed by atoms with Crippen molar-refractivity contribution >= 4 is 17.5 Å². The Hall–Kier alpha value is -3.68. The molecule has 33 heavy (non-hydrogen) atoms. The predicted octanol–water partition coefficient (Wildman–Crippen LogP) is 3.58. The zero-order chi connectivity index (χ0) is 23.2. The molecule has 1 aliphatic rings. The van der Waals surface area contributed by atoms with Gasteiger partial charge in [0, 0.05) is 49.5 Å². The van der Waals surface area contributed by atoms with Crippen LogP contribution in [0.4, 0.5) is 5.69 Å². The average Bonchev–Trinajstić information content (AvgIpc) is 2.82. The Balaban J connectivity index is 1.30. The third kappa shape index (κ3) is 6.19. The number of primary amides is 1. The van der Waals surface area contributed by atoms with Crippen molar-refractivity contribution in [1.82, 2.24) is 9.80 Å². The van der Waals surface area contributed by atoms with Gasteiger partial charge in [0.2, 0.25) is 5.91 Å². The number of carbonyl (C=O) groups is 2. The molecule has 7 nitrogen and oxygen atoms in total. The molecule has 0 aromatic heterocycles. The Bertz CT molecular complexity index is 1090. The van der Waals surface area contributed by atoms with Crippen molar-refractivity contribution in [2.45, 2.75) is 6.54 Å². The van der Waals surface area contributed by atoms with Gasteiger partial charge >= 0.3 is 0 Å². The Morgan fingerprint density at radius 3 is 1.91 bits per heavy atom. The average molecular weight is 445 g/mol. The quantitative estimate of drug-likeness (QED) is 0.582. The number of piperazine rings is 1. The van der Waals surface area contributed by atoms with Crippen molar-refractivity contribution in [3.8, 4) is 11.5 Å². The molecule has 7 heteroatoms. The first kappa shape index (κ1) is 22.5. The first-order valence-corrected chi connectivity index (χ1v) is 11.0. The van der Waals surface area contributed by atoms with Gasteiger partial charge in [0.05, 0.1) is 0 Å². The van der Waals surface area contributed by atoms with Gasteiger partial charge in [-0.25, -0.2) is 0 Å². The topological polar surface area (TPSA) is 87.9 Å². The molecule has 1 heterocycles. The third-order valence-corrected chi connectivity index (χ3v) is 5.70. The molecule has 3 N–H and O–H groups in total. The summed E-state index contributed by atoms with van der Waals surface area (Å²) in [6.45, 7) is 5.27. The van der Waals surface area contributed by atoms with Crippen molar-refractivity contribution in [1.29, 1.82) is 0 Å². The van der Waals surface area contributed by atoms with E-state index >= 15 is 0 Å². The fourth-order valence-electron chi connectivity index (χ4n) is 3.66. The lowest BCUT2D eigenvalue weighted by Gasteiger charge is -2.32. The smallest absolute Gasteiger partial charge is 0.255 e. The summed E-state index contributed by atoms with van der Waals surface area (Å²) in [6, 6.07) is 21.5. The fourth-order valence-corrected chi connectivity index (χ4v) is 3.66. The monoisotopic (exact) mass is 444 g/mol. The van der Waals surface area contributed by atoms with Crippen molar-refractivity contribution < 1.29 is 14.3 Å². The van der Waals surface area contributed by atoms with Crippen molar-refractivity contribution in [2.24, 2.45) is 5.73 Å². The van der Waals surface area contributed by atoms with Gasteiger partial charge in [-0.15, -0.1) is 0 Å². The van der Waals surface area contributed by atoms with E-state index in [0.717, 1.165) is 38.4 Å². The van der Waals surface area contributed by atoms with E-state index in [-0.39, 0.29) is 5.91 Å². The molecule has 0 aliphatic carbocycles. The van der Waals surface area contributed by atoms with Crippen LogP contribution >= 0.6 is 0 Å². The predicted molar refractivity (Wildman–Crippen MR) is 129 cm³/mol. The van der Waals surface area contributed by atoms with Crippen LogP contribution in [0.5, 0.6) is 11.5 Å². The molecular weight excluding hydrogens is 416 g/mol. The summed E-state index contributed by atoms with van der Waals surface area (Å²) in [7, 11) is 2.15.